The van der Waals surface area contributed by atoms with E-state index in [1.807, 2.05) is 0 Å². The number of anilines is 2. The number of ether oxygens (including phenoxy) is 1. The van der Waals surface area contributed by atoms with Crippen LogP contribution in [0.25, 0.3) is 0 Å². The fourth-order valence-corrected chi connectivity index (χ4v) is 4.15. The second-order valence-electron chi connectivity index (χ2n) is 6.17. The van der Waals surface area contributed by atoms with Crippen LogP contribution < -0.4 is 14.8 Å². The van der Waals surface area contributed by atoms with E-state index < -0.39 is 15.9 Å². The van der Waals surface area contributed by atoms with Gasteiger partial charge in [0.25, 0.3) is 15.9 Å². The van der Waals surface area contributed by atoms with Gasteiger partial charge in [-0.3, -0.25) is 9.52 Å². The minimum Gasteiger partial charge on any atom is -0.492 e. The molecule has 0 saturated heterocycles. The first-order chi connectivity index (χ1) is 14.3. The SMILES string of the molecule is CCOc1ccc(S(=O)(=O)Nc2ccc(Br)cc2)cc1NC(=O)c1cccc(Cl)c1. The molecule has 0 spiro atoms. The highest BCUT2D eigenvalue weighted by Crippen LogP contribution is 2.29. The van der Waals surface area contributed by atoms with E-state index in [9.17, 15) is 13.2 Å². The van der Waals surface area contributed by atoms with Gasteiger partial charge in [-0.25, -0.2) is 8.42 Å². The molecule has 30 heavy (non-hydrogen) atoms. The van der Waals surface area contributed by atoms with Crippen LogP contribution >= 0.6 is 27.5 Å². The first-order valence-electron chi connectivity index (χ1n) is 8.90. The zero-order valence-corrected chi connectivity index (χ0v) is 19.0. The van der Waals surface area contributed by atoms with Crippen molar-refractivity contribution in [2.45, 2.75) is 11.8 Å². The van der Waals surface area contributed by atoms with Crippen molar-refractivity contribution in [2.75, 3.05) is 16.6 Å². The number of rotatable bonds is 7. The highest BCUT2D eigenvalue weighted by Gasteiger charge is 2.18. The number of halogens is 2. The summed E-state index contributed by atoms with van der Waals surface area (Å²) in [5.74, 6) is -0.0793. The fraction of sp³-hybridized carbons (Fsp3) is 0.0952. The molecule has 3 aromatic carbocycles. The van der Waals surface area contributed by atoms with E-state index in [-0.39, 0.29) is 10.6 Å². The zero-order chi connectivity index (χ0) is 21.7. The second-order valence-corrected chi connectivity index (χ2v) is 9.20. The molecular formula is C21H18BrClN2O4S. The third-order valence-corrected chi connectivity index (χ3v) is 6.14. The Morgan fingerprint density at radius 1 is 1.07 bits per heavy atom. The van der Waals surface area contributed by atoms with Crippen LogP contribution in [0.3, 0.4) is 0 Å². The summed E-state index contributed by atoms with van der Waals surface area (Å²) in [5, 5.41) is 3.12. The molecule has 0 aliphatic carbocycles. The highest BCUT2D eigenvalue weighted by molar-refractivity contribution is 9.10. The summed E-state index contributed by atoms with van der Waals surface area (Å²) in [6.07, 6.45) is 0. The van der Waals surface area contributed by atoms with Crippen molar-refractivity contribution in [1.29, 1.82) is 0 Å². The Labute approximate surface area is 188 Å². The first kappa shape index (κ1) is 22.1. The van der Waals surface area contributed by atoms with Crippen molar-refractivity contribution in [3.8, 4) is 5.75 Å². The lowest BCUT2D eigenvalue weighted by molar-refractivity contribution is 0.102. The van der Waals surface area contributed by atoms with Crippen LogP contribution in [0.2, 0.25) is 5.02 Å². The predicted molar refractivity (Wildman–Crippen MR) is 122 cm³/mol. The summed E-state index contributed by atoms with van der Waals surface area (Å²) in [7, 11) is -3.88. The number of carbonyl (C=O) groups excluding carboxylic acids is 1. The van der Waals surface area contributed by atoms with Gasteiger partial charge in [0.2, 0.25) is 0 Å². The van der Waals surface area contributed by atoms with Crippen LogP contribution in [0.4, 0.5) is 11.4 Å². The van der Waals surface area contributed by atoms with Gasteiger partial charge in [0, 0.05) is 20.7 Å². The van der Waals surface area contributed by atoms with E-state index in [1.54, 1.807) is 49.4 Å². The van der Waals surface area contributed by atoms with Crippen molar-refractivity contribution in [1.82, 2.24) is 0 Å². The third kappa shape index (κ3) is 5.53. The molecule has 3 rings (SSSR count). The number of nitrogens with one attached hydrogen (secondary N) is 2. The summed E-state index contributed by atoms with van der Waals surface area (Å²) in [6, 6.07) is 17.5. The maximum absolute atomic E-state index is 12.8. The Morgan fingerprint density at radius 2 is 1.80 bits per heavy atom. The van der Waals surface area contributed by atoms with E-state index in [1.165, 1.54) is 24.3 Å². The molecule has 9 heteroatoms. The third-order valence-electron chi connectivity index (χ3n) is 3.99. The molecule has 0 aromatic heterocycles. The van der Waals surface area contributed by atoms with Crippen molar-refractivity contribution < 1.29 is 17.9 Å². The molecule has 0 saturated carbocycles. The lowest BCUT2D eigenvalue weighted by atomic mass is 10.2. The van der Waals surface area contributed by atoms with Gasteiger partial charge in [-0.05, 0) is 67.6 Å². The summed E-state index contributed by atoms with van der Waals surface area (Å²) in [4.78, 5) is 12.6. The van der Waals surface area contributed by atoms with Crippen LogP contribution in [-0.4, -0.2) is 20.9 Å². The zero-order valence-electron chi connectivity index (χ0n) is 15.9. The molecular weight excluding hydrogens is 492 g/mol. The number of amides is 1. The Kier molecular flexibility index (Phi) is 7.02. The van der Waals surface area contributed by atoms with Gasteiger partial charge in [0.05, 0.1) is 17.2 Å². The molecule has 1 amide bonds. The van der Waals surface area contributed by atoms with Crippen LogP contribution in [0.15, 0.2) is 76.1 Å². The number of benzene rings is 3. The standard InChI is InChI=1S/C21H18BrClN2O4S/c1-2-29-20-11-10-18(30(27,28)25-17-8-6-15(22)7-9-17)13-19(20)24-21(26)14-4-3-5-16(23)12-14/h3-13,25H,2H2,1H3,(H,24,26). The molecule has 2 N–H and O–H groups in total. The summed E-state index contributed by atoms with van der Waals surface area (Å²) < 4.78 is 34.5. The Hall–Kier alpha value is -2.55. The minimum atomic E-state index is -3.88. The average Bonchev–Trinajstić information content (AvgIpc) is 2.71. The Balaban J connectivity index is 1.91. The fourth-order valence-electron chi connectivity index (χ4n) is 2.61. The predicted octanol–water partition coefficient (Wildman–Crippen LogP) is 5.55. The first-order valence-corrected chi connectivity index (χ1v) is 11.6. The van der Waals surface area contributed by atoms with Crippen LogP contribution in [0, 0.1) is 0 Å². The Bertz CT molecular complexity index is 1170. The van der Waals surface area contributed by atoms with Crippen molar-refractivity contribution >= 4 is 54.8 Å². The molecule has 0 radical (unpaired) electrons. The molecule has 0 aliphatic heterocycles. The van der Waals surface area contributed by atoms with E-state index in [2.05, 4.69) is 26.0 Å². The summed E-state index contributed by atoms with van der Waals surface area (Å²) in [6.45, 7) is 2.14. The molecule has 3 aromatic rings. The lowest BCUT2D eigenvalue weighted by Gasteiger charge is -2.14. The van der Waals surface area contributed by atoms with Gasteiger partial charge in [0.1, 0.15) is 5.75 Å². The summed E-state index contributed by atoms with van der Waals surface area (Å²) in [5.41, 5.74) is 0.989. The van der Waals surface area contributed by atoms with Crippen molar-refractivity contribution in [2.24, 2.45) is 0 Å². The number of hydrogen-bond acceptors (Lipinski definition) is 4. The maximum Gasteiger partial charge on any atom is 0.261 e. The van der Waals surface area contributed by atoms with Crippen LogP contribution in [0.5, 0.6) is 5.75 Å². The van der Waals surface area contributed by atoms with Crippen LogP contribution in [-0.2, 0) is 10.0 Å². The molecule has 6 nitrogen and oxygen atoms in total. The van der Waals surface area contributed by atoms with Crippen molar-refractivity contribution in [3.05, 3.63) is 81.8 Å². The highest BCUT2D eigenvalue weighted by atomic mass is 79.9. The van der Waals surface area contributed by atoms with E-state index in [4.69, 9.17) is 16.3 Å². The van der Waals surface area contributed by atoms with E-state index >= 15 is 0 Å². The van der Waals surface area contributed by atoms with E-state index in [0.29, 0.717) is 28.6 Å². The quantitative estimate of drug-likeness (QED) is 0.437. The van der Waals surface area contributed by atoms with Gasteiger partial charge >= 0.3 is 0 Å². The van der Waals surface area contributed by atoms with Crippen LogP contribution in [0.1, 0.15) is 17.3 Å². The topological polar surface area (TPSA) is 84.5 Å². The monoisotopic (exact) mass is 508 g/mol. The van der Waals surface area contributed by atoms with Gasteiger partial charge < -0.3 is 10.1 Å². The Morgan fingerprint density at radius 3 is 2.47 bits per heavy atom. The normalized spacial score (nSPS) is 11.0. The lowest BCUT2D eigenvalue weighted by Crippen LogP contribution is -2.16. The molecule has 0 bridgehead atoms. The molecule has 156 valence electrons. The smallest absolute Gasteiger partial charge is 0.261 e. The number of sulfonamides is 1. The van der Waals surface area contributed by atoms with Gasteiger partial charge in [-0.2, -0.15) is 0 Å². The number of carbonyl (C=O) groups is 1. The molecule has 0 heterocycles. The molecule has 0 aliphatic rings. The minimum absolute atomic E-state index is 0.0183. The second kappa shape index (κ2) is 9.51. The van der Waals surface area contributed by atoms with E-state index in [0.717, 1.165) is 4.47 Å². The molecule has 0 unspecified atom stereocenters. The molecule has 0 fully saturated rings. The largest absolute Gasteiger partial charge is 0.492 e. The average molecular weight is 510 g/mol. The number of hydrogen-bond donors (Lipinski definition) is 2. The maximum atomic E-state index is 12.8. The summed E-state index contributed by atoms with van der Waals surface area (Å²) >= 11 is 9.26. The van der Waals surface area contributed by atoms with Crippen molar-refractivity contribution in [3.63, 3.8) is 0 Å². The van der Waals surface area contributed by atoms with Gasteiger partial charge in [-0.15, -0.1) is 0 Å². The van der Waals surface area contributed by atoms with Gasteiger partial charge in [-0.1, -0.05) is 33.6 Å². The molecule has 0 atom stereocenters. The van der Waals surface area contributed by atoms with Gasteiger partial charge in [0.15, 0.2) is 0 Å².